The predicted molar refractivity (Wildman–Crippen MR) is 75.0 cm³/mol. The number of ketones is 1. The van der Waals surface area contributed by atoms with Crippen LogP contribution in [0.3, 0.4) is 0 Å². The van der Waals surface area contributed by atoms with Gasteiger partial charge in [-0.25, -0.2) is 0 Å². The molecule has 2 nitrogen and oxygen atoms in total. The standard InChI is InChI=1S/C16H23NO/c1-3-15-6-4-5-11-17(15)12-16(18)14-9-7-13(2)8-10-14/h7-10,15H,3-6,11-12H2,1-2H3. The molecule has 1 fully saturated rings. The number of aryl methyl sites for hydroxylation is 1. The first-order valence-corrected chi connectivity index (χ1v) is 7.04. The van der Waals surface area contributed by atoms with Crippen LogP contribution in [0, 0.1) is 6.92 Å². The summed E-state index contributed by atoms with van der Waals surface area (Å²) in [7, 11) is 0. The summed E-state index contributed by atoms with van der Waals surface area (Å²) in [6.07, 6.45) is 4.95. The summed E-state index contributed by atoms with van der Waals surface area (Å²) in [5.74, 6) is 0.260. The summed E-state index contributed by atoms with van der Waals surface area (Å²) < 4.78 is 0. The van der Waals surface area contributed by atoms with Gasteiger partial charge in [-0.2, -0.15) is 0 Å². The van der Waals surface area contributed by atoms with E-state index in [1.54, 1.807) is 0 Å². The van der Waals surface area contributed by atoms with E-state index >= 15 is 0 Å². The van der Waals surface area contributed by atoms with Crippen LogP contribution in [0.2, 0.25) is 0 Å². The van der Waals surface area contributed by atoms with Gasteiger partial charge in [0, 0.05) is 11.6 Å². The number of nitrogens with zero attached hydrogens (tertiary/aromatic N) is 1. The molecule has 0 radical (unpaired) electrons. The molecule has 0 N–H and O–H groups in total. The number of Topliss-reactive ketones (excluding diaryl/α,β-unsaturated/α-hetero) is 1. The Morgan fingerprint density at radius 3 is 2.67 bits per heavy atom. The van der Waals surface area contributed by atoms with Crippen molar-refractivity contribution in [2.75, 3.05) is 13.1 Å². The normalized spacial score (nSPS) is 20.9. The van der Waals surface area contributed by atoms with Gasteiger partial charge in [0.2, 0.25) is 0 Å². The smallest absolute Gasteiger partial charge is 0.176 e. The Bertz CT molecular complexity index is 396. The zero-order chi connectivity index (χ0) is 13.0. The molecule has 1 aliphatic heterocycles. The van der Waals surface area contributed by atoms with Crippen LogP contribution in [-0.2, 0) is 0 Å². The lowest BCUT2D eigenvalue weighted by Gasteiger charge is -2.34. The summed E-state index contributed by atoms with van der Waals surface area (Å²) in [6.45, 7) is 5.93. The van der Waals surface area contributed by atoms with Crippen molar-refractivity contribution in [2.45, 2.75) is 45.6 Å². The van der Waals surface area contributed by atoms with Gasteiger partial charge in [-0.3, -0.25) is 9.69 Å². The molecule has 1 heterocycles. The largest absolute Gasteiger partial charge is 0.293 e. The number of hydrogen-bond donors (Lipinski definition) is 0. The van der Waals surface area contributed by atoms with Crippen LogP contribution in [0.1, 0.15) is 48.5 Å². The highest BCUT2D eigenvalue weighted by atomic mass is 16.1. The van der Waals surface area contributed by atoms with E-state index in [-0.39, 0.29) is 5.78 Å². The van der Waals surface area contributed by atoms with Gasteiger partial charge < -0.3 is 0 Å². The molecule has 0 saturated carbocycles. The average Bonchev–Trinajstić information content (AvgIpc) is 2.40. The lowest BCUT2D eigenvalue weighted by atomic mass is 9.99. The minimum Gasteiger partial charge on any atom is -0.293 e. The fraction of sp³-hybridized carbons (Fsp3) is 0.562. The number of rotatable bonds is 4. The van der Waals surface area contributed by atoms with Gasteiger partial charge in [0.05, 0.1) is 6.54 Å². The summed E-state index contributed by atoms with van der Waals surface area (Å²) in [6, 6.07) is 8.53. The van der Waals surface area contributed by atoms with E-state index in [2.05, 4.69) is 11.8 Å². The van der Waals surface area contributed by atoms with E-state index in [1.807, 2.05) is 31.2 Å². The van der Waals surface area contributed by atoms with E-state index in [0.29, 0.717) is 12.6 Å². The van der Waals surface area contributed by atoms with Crippen LogP contribution in [0.25, 0.3) is 0 Å². The highest BCUT2D eigenvalue weighted by Crippen LogP contribution is 2.19. The molecule has 1 aliphatic rings. The molecule has 1 aromatic rings. The van der Waals surface area contributed by atoms with Crippen molar-refractivity contribution in [2.24, 2.45) is 0 Å². The van der Waals surface area contributed by atoms with Gasteiger partial charge in [0.25, 0.3) is 0 Å². The number of piperidine rings is 1. The van der Waals surface area contributed by atoms with Crippen LogP contribution in [0.5, 0.6) is 0 Å². The Morgan fingerprint density at radius 1 is 1.28 bits per heavy atom. The minimum atomic E-state index is 0.260. The second-order valence-electron chi connectivity index (χ2n) is 5.32. The molecule has 1 aromatic carbocycles. The summed E-state index contributed by atoms with van der Waals surface area (Å²) in [4.78, 5) is 14.6. The van der Waals surface area contributed by atoms with Crippen molar-refractivity contribution in [1.29, 1.82) is 0 Å². The van der Waals surface area contributed by atoms with Crippen molar-refractivity contribution in [3.8, 4) is 0 Å². The van der Waals surface area contributed by atoms with Gasteiger partial charge >= 0.3 is 0 Å². The fourth-order valence-corrected chi connectivity index (χ4v) is 2.75. The molecule has 1 atom stereocenters. The summed E-state index contributed by atoms with van der Waals surface area (Å²) in [5.41, 5.74) is 2.05. The molecule has 1 unspecified atom stereocenters. The molecule has 2 heteroatoms. The molecule has 0 aromatic heterocycles. The molecule has 18 heavy (non-hydrogen) atoms. The van der Waals surface area contributed by atoms with Gasteiger partial charge in [-0.1, -0.05) is 43.2 Å². The molecular formula is C16H23NO. The second-order valence-corrected chi connectivity index (χ2v) is 5.32. The highest BCUT2D eigenvalue weighted by molar-refractivity contribution is 5.97. The molecule has 0 amide bonds. The highest BCUT2D eigenvalue weighted by Gasteiger charge is 2.22. The second kappa shape index (κ2) is 6.14. The molecule has 0 spiro atoms. The summed E-state index contributed by atoms with van der Waals surface area (Å²) in [5, 5.41) is 0. The number of likely N-dealkylation sites (tertiary alicyclic amines) is 1. The Balaban J connectivity index is 1.99. The molecule has 1 saturated heterocycles. The van der Waals surface area contributed by atoms with E-state index in [0.717, 1.165) is 18.5 Å². The Hall–Kier alpha value is -1.15. The lowest BCUT2D eigenvalue weighted by molar-refractivity contribution is 0.0838. The Labute approximate surface area is 110 Å². The maximum atomic E-state index is 12.2. The van der Waals surface area contributed by atoms with E-state index in [1.165, 1.54) is 24.8 Å². The first kappa shape index (κ1) is 13.3. The molecule has 0 bridgehead atoms. The quantitative estimate of drug-likeness (QED) is 0.757. The van der Waals surface area contributed by atoms with Crippen molar-refractivity contribution in [1.82, 2.24) is 4.90 Å². The third-order valence-electron chi connectivity index (χ3n) is 3.94. The first-order chi connectivity index (χ1) is 8.70. The van der Waals surface area contributed by atoms with Crippen LogP contribution >= 0.6 is 0 Å². The zero-order valence-electron chi connectivity index (χ0n) is 11.5. The Kier molecular flexibility index (Phi) is 4.54. The van der Waals surface area contributed by atoms with Crippen molar-refractivity contribution >= 4 is 5.78 Å². The van der Waals surface area contributed by atoms with Crippen LogP contribution in [-0.4, -0.2) is 29.8 Å². The van der Waals surface area contributed by atoms with Gasteiger partial charge in [0.15, 0.2) is 5.78 Å². The monoisotopic (exact) mass is 245 g/mol. The molecule has 2 rings (SSSR count). The fourth-order valence-electron chi connectivity index (χ4n) is 2.75. The molecule has 0 aliphatic carbocycles. The topological polar surface area (TPSA) is 20.3 Å². The molecular weight excluding hydrogens is 222 g/mol. The van der Waals surface area contributed by atoms with E-state index in [9.17, 15) is 4.79 Å². The van der Waals surface area contributed by atoms with Crippen LogP contribution in [0.15, 0.2) is 24.3 Å². The number of carbonyl (C=O) groups is 1. The average molecular weight is 245 g/mol. The van der Waals surface area contributed by atoms with Crippen molar-refractivity contribution in [3.05, 3.63) is 35.4 Å². The minimum absolute atomic E-state index is 0.260. The third-order valence-corrected chi connectivity index (χ3v) is 3.94. The van der Waals surface area contributed by atoms with Crippen LogP contribution < -0.4 is 0 Å². The number of carbonyl (C=O) groups excluding carboxylic acids is 1. The lowest BCUT2D eigenvalue weighted by Crippen LogP contribution is -2.42. The maximum Gasteiger partial charge on any atom is 0.176 e. The Morgan fingerprint density at radius 2 is 2.00 bits per heavy atom. The van der Waals surface area contributed by atoms with E-state index in [4.69, 9.17) is 0 Å². The van der Waals surface area contributed by atoms with Gasteiger partial charge in [0.1, 0.15) is 0 Å². The van der Waals surface area contributed by atoms with Gasteiger partial charge in [-0.05, 0) is 32.7 Å². The first-order valence-electron chi connectivity index (χ1n) is 7.04. The third kappa shape index (κ3) is 3.20. The maximum absolute atomic E-state index is 12.2. The number of hydrogen-bond acceptors (Lipinski definition) is 2. The number of benzene rings is 1. The SMILES string of the molecule is CCC1CCCCN1CC(=O)c1ccc(C)cc1. The summed E-state index contributed by atoms with van der Waals surface area (Å²) >= 11 is 0. The molecule has 98 valence electrons. The predicted octanol–water partition coefficient (Wildman–Crippen LogP) is 3.44. The zero-order valence-corrected chi connectivity index (χ0v) is 11.5. The van der Waals surface area contributed by atoms with Crippen molar-refractivity contribution in [3.63, 3.8) is 0 Å². The van der Waals surface area contributed by atoms with E-state index < -0.39 is 0 Å². The van der Waals surface area contributed by atoms with Crippen LogP contribution in [0.4, 0.5) is 0 Å². The van der Waals surface area contributed by atoms with Crippen molar-refractivity contribution < 1.29 is 4.79 Å². The van der Waals surface area contributed by atoms with Gasteiger partial charge in [-0.15, -0.1) is 0 Å².